The molecule has 2 amide bonds. The van der Waals surface area contributed by atoms with Crippen LogP contribution in [0.2, 0.25) is 0 Å². The van der Waals surface area contributed by atoms with E-state index in [-0.39, 0.29) is 25.9 Å². The van der Waals surface area contributed by atoms with Gasteiger partial charge in [-0.3, -0.25) is 4.84 Å². The molecule has 0 radical (unpaired) electrons. The number of ether oxygens (including phenoxy) is 5. The Hall–Kier alpha value is -4.09. The highest BCUT2D eigenvalue weighted by Gasteiger charge is 2.48. The van der Waals surface area contributed by atoms with Crippen molar-refractivity contribution in [1.29, 1.82) is 0 Å². The molecule has 5 unspecified atom stereocenters. The summed E-state index contributed by atoms with van der Waals surface area (Å²) in [4.78, 5) is 17.6. The molecule has 1 heterocycles. The van der Waals surface area contributed by atoms with Crippen LogP contribution < -0.4 is 10.8 Å². The van der Waals surface area contributed by atoms with Crippen molar-refractivity contribution < 1.29 is 33.3 Å². The van der Waals surface area contributed by atoms with Crippen LogP contribution in [0.5, 0.6) is 0 Å². The van der Waals surface area contributed by atoms with Gasteiger partial charge in [-0.1, -0.05) is 121 Å². The summed E-state index contributed by atoms with van der Waals surface area (Å²) in [6.07, 6.45) is -2.03. The molecular weight excluding hydrogens is 596 g/mol. The Labute approximate surface area is 277 Å². The first-order valence-corrected chi connectivity index (χ1v) is 16.0. The Morgan fingerprint density at radius 1 is 0.681 bits per heavy atom. The molecule has 9 heteroatoms. The highest BCUT2D eigenvalue weighted by Crippen LogP contribution is 2.31. The molecule has 4 aromatic rings. The van der Waals surface area contributed by atoms with Crippen molar-refractivity contribution in [3.8, 4) is 0 Å². The maximum atomic E-state index is 12.3. The van der Waals surface area contributed by atoms with E-state index in [0.717, 1.165) is 22.3 Å². The molecule has 0 spiro atoms. The summed E-state index contributed by atoms with van der Waals surface area (Å²) in [5.74, 6) is 0. The van der Waals surface area contributed by atoms with Gasteiger partial charge in [0.15, 0.2) is 0 Å². The summed E-state index contributed by atoms with van der Waals surface area (Å²) in [5, 5.41) is 2.77. The van der Waals surface area contributed by atoms with Crippen molar-refractivity contribution in [1.82, 2.24) is 10.8 Å². The van der Waals surface area contributed by atoms with Gasteiger partial charge < -0.3 is 29.0 Å². The predicted molar refractivity (Wildman–Crippen MR) is 178 cm³/mol. The fourth-order valence-electron chi connectivity index (χ4n) is 5.38. The first-order valence-electron chi connectivity index (χ1n) is 16.0. The molecule has 4 aromatic carbocycles. The number of carbonyl (C=O) groups is 1. The average molecular weight is 641 g/mol. The number of rotatable bonds is 18. The Morgan fingerprint density at radius 3 is 1.81 bits per heavy atom. The first kappa shape index (κ1) is 34.3. The maximum absolute atomic E-state index is 12.3. The molecule has 1 fully saturated rings. The van der Waals surface area contributed by atoms with Crippen LogP contribution in [0.25, 0.3) is 0 Å². The first-order chi connectivity index (χ1) is 23.2. The zero-order valence-corrected chi connectivity index (χ0v) is 26.7. The van der Waals surface area contributed by atoms with Crippen LogP contribution >= 0.6 is 0 Å². The normalized spacial score (nSPS) is 19.7. The number of hydrogen-bond acceptors (Lipinski definition) is 7. The van der Waals surface area contributed by atoms with E-state index in [9.17, 15) is 4.79 Å². The van der Waals surface area contributed by atoms with Gasteiger partial charge in [0.2, 0.25) is 0 Å². The van der Waals surface area contributed by atoms with Crippen LogP contribution in [-0.2, 0) is 54.9 Å². The van der Waals surface area contributed by atoms with Crippen LogP contribution in [-0.4, -0.2) is 56.3 Å². The largest absolute Gasteiger partial charge is 0.374 e. The van der Waals surface area contributed by atoms with Crippen LogP contribution in [0.4, 0.5) is 4.79 Å². The Balaban J connectivity index is 1.20. The fraction of sp³-hybridized carbons (Fsp3) is 0.342. The maximum Gasteiger partial charge on any atom is 0.338 e. The summed E-state index contributed by atoms with van der Waals surface area (Å²) in [6.45, 7) is 4.31. The summed E-state index contributed by atoms with van der Waals surface area (Å²) >= 11 is 0. The Morgan fingerprint density at radius 2 is 1.21 bits per heavy atom. The second-order valence-corrected chi connectivity index (χ2v) is 11.4. The second-order valence-electron chi connectivity index (χ2n) is 11.4. The van der Waals surface area contributed by atoms with Crippen molar-refractivity contribution in [2.24, 2.45) is 0 Å². The van der Waals surface area contributed by atoms with Gasteiger partial charge in [-0.25, -0.2) is 10.3 Å². The molecular formula is C38H44N2O7. The molecule has 1 aliphatic heterocycles. The number of amides is 2. The molecule has 5 atom stereocenters. The Bertz CT molecular complexity index is 1430. The highest BCUT2D eigenvalue weighted by atomic mass is 16.7. The molecule has 47 heavy (non-hydrogen) atoms. The lowest BCUT2D eigenvalue weighted by Crippen LogP contribution is -2.45. The number of nitrogens with one attached hydrogen (secondary N) is 2. The van der Waals surface area contributed by atoms with Crippen LogP contribution in [0.15, 0.2) is 121 Å². The van der Waals surface area contributed by atoms with Crippen molar-refractivity contribution in [2.75, 3.05) is 19.8 Å². The summed E-state index contributed by atoms with van der Waals surface area (Å²) in [5.41, 5.74) is 6.54. The van der Waals surface area contributed by atoms with Crippen molar-refractivity contribution in [3.05, 3.63) is 144 Å². The van der Waals surface area contributed by atoms with Crippen LogP contribution in [0, 0.1) is 0 Å². The average Bonchev–Trinajstić information content (AvgIpc) is 3.43. The number of hydrogen-bond donors (Lipinski definition) is 2. The van der Waals surface area contributed by atoms with Gasteiger partial charge in [-0.2, -0.15) is 0 Å². The minimum absolute atomic E-state index is 0.252. The molecule has 248 valence electrons. The SMILES string of the molecule is CC1OC(C(COCc2ccccc2)OCc2ccccc2)C(OCc2ccccc2)C1OCCNC(=O)NOCc1ccccc1. The van der Waals surface area contributed by atoms with E-state index >= 15 is 0 Å². The number of hydroxylamine groups is 1. The topological polar surface area (TPSA) is 96.5 Å². The smallest absolute Gasteiger partial charge is 0.338 e. The van der Waals surface area contributed by atoms with Crippen LogP contribution in [0.1, 0.15) is 29.2 Å². The summed E-state index contributed by atoms with van der Waals surface area (Å²) in [6, 6.07) is 39.3. The van der Waals surface area contributed by atoms with Crippen molar-refractivity contribution in [2.45, 2.75) is 63.9 Å². The van der Waals surface area contributed by atoms with Gasteiger partial charge in [-0.15, -0.1) is 0 Å². The Kier molecular flexibility index (Phi) is 13.8. The van der Waals surface area contributed by atoms with E-state index in [1.165, 1.54) is 0 Å². The third-order valence-corrected chi connectivity index (χ3v) is 7.78. The zero-order valence-electron chi connectivity index (χ0n) is 26.7. The van der Waals surface area contributed by atoms with Crippen molar-refractivity contribution in [3.63, 3.8) is 0 Å². The minimum atomic E-state index is -0.458. The third-order valence-electron chi connectivity index (χ3n) is 7.78. The summed E-state index contributed by atoms with van der Waals surface area (Å²) in [7, 11) is 0. The predicted octanol–water partition coefficient (Wildman–Crippen LogP) is 5.98. The monoisotopic (exact) mass is 640 g/mol. The van der Waals surface area contributed by atoms with E-state index in [4.69, 9.17) is 28.5 Å². The molecule has 9 nitrogen and oxygen atoms in total. The molecule has 1 saturated heterocycles. The second kappa shape index (κ2) is 18.9. The highest BCUT2D eigenvalue weighted by molar-refractivity contribution is 5.72. The number of urea groups is 1. The fourth-order valence-corrected chi connectivity index (χ4v) is 5.38. The molecule has 5 rings (SSSR count). The van der Waals surface area contributed by atoms with Gasteiger partial charge in [0.1, 0.15) is 24.4 Å². The van der Waals surface area contributed by atoms with Gasteiger partial charge in [-0.05, 0) is 29.2 Å². The lowest BCUT2D eigenvalue weighted by atomic mass is 10.0. The molecule has 1 aliphatic rings. The van der Waals surface area contributed by atoms with E-state index < -0.39 is 30.4 Å². The van der Waals surface area contributed by atoms with E-state index in [1.54, 1.807) is 0 Å². The van der Waals surface area contributed by atoms with Gasteiger partial charge in [0.25, 0.3) is 0 Å². The quantitative estimate of drug-likeness (QED) is 0.102. The molecule has 0 aliphatic carbocycles. The standard InChI is InChI=1S/C38H44N2O7/c1-29-35(43-23-22-39-38(41)40-46-27-33-20-12-5-13-21-33)37(45-26-32-18-10-4-11-19-32)36(47-29)34(44-25-31-16-8-3-9-17-31)28-42-24-30-14-6-2-7-15-30/h2-21,29,34-37H,22-28H2,1H3,(H2,39,40,41). The summed E-state index contributed by atoms with van der Waals surface area (Å²) < 4.78 is 32.1. The van der Waals surface area contributed by atoms with Gasteiger partial charge in [0, 0.05) is 6.54 Å². The lowest BCUT2D eigenvalue weighted by Gasteiger charge is -2.29. The molecule has 0 aromatic heterocycles. The van der Waals surface area contributed by atoms with E-state index in [1.807, 2.05) is 128 Å². The van der Waals surface area contributed by atoms with Crippen LogP contribution in [0.3, 0.4) is 0 Å². The number of benzene rings is 4. The number of carbonyl (C=O) groups excluding carboxylic acids is 1. The van der Waals surface area contributed by atoms with E-state index in [0.29, 0.717) is 26.4 Å². The van der Waals surface area contributed by atoms with Gasteiger partial charge >= 0.3 is 6.03 Å². The van der Waals surface area contributed by atoms with Gasteiger partial charge in [0.05, 0.1) is 45.7 Å². The third kappa shape index (κ3) is 11.3. The molecule has 0 bridgehead atoms. The molecule has 0 saturated carbocycles. The zero-order chi connectivity index (χ0) is 32.5. The van der Waals surface area contributed by atoms with Crippen molar-refractivity contribution >= 4 is 6.03 Å². The van der Waals surface area contributed by atoms with E-state index in [2.05, 4.69) is 10.8 Å². The molecule has 2 N–H and O–H groups in total. The lowest BCUT2D eigenvalue weighted by molar-refractivity contribution is -0.140. The minimum Gasteiger partial charge on any atom is -0.374 e.